The number of amides is 1. The lowest BCUT2D eigenvalue weighted by atomic mass is 9.99. The minimum absolute atomic E-state index is 0.0573. The number of anilines is 1. The van der Waals surface area contributed by atoms with Gasteiger partial charge in [0.15, 0.2) is 0 Å². The van der Waals surface area contributed by atoms with E-state index in [1.807, 2.05) is 0 Å². The van der Waals surface area contributed by atoms with Gasteiger partial charge in [-0.25, -0.2) is 0 Å². The summed E-state index contributed by atoms with van der Waals surface area (Å²) in [6.07, 6.45) is -3.95. The summed E-state index contributed by atoms with van der Waals surface area (Å²) in [7, 11) is 0. The fourth-order valence-electron chi connectivity index (χ4n) is 2.49. The van der Waals surface area contributed by atoms with Gasteiger partial charge >= 0.3 is 6.18 Å². The summed E-state index contributed by atoms with van der Waals surface area (Å²) in [5.74, 6) is -0.883. The monoisotopic (exact) mass is 351 g/mol. The predicted octanol–water partition coefficient (Wildman–Crippen LogP) is 2.92. The van der Waals surface area contributed by atoms with E-state index >= 15 is 0 Å². The molecule has 0 saturated heterocycles. The van der Waals surface area contributed by atoms with Gasteiger partial charge in [-0.3, -0.25) is 4.79 Å². The summed E-state index contributed by atoms with van der Waals surface area (Å²) in [5.41, 5.74) is 11.9. The molecule has 2 aromatic carbocycles. The number of primary amides is 1. The number of alkyl halides is 3. The maximum Gasteiger partial charge on any atom is 0.416 e. The van der Waals surface area contributed by atoms with E-state index in [0.29, 0.717) is 12.1 Å². The Morgan fingerprint density at radius 2 is 1.72 bits per heavy atom. The van der Waals surface area contributed by atoms with Crippen molar-refractivity contribution in [3.8, 4) is 0 Å². The highest BCUT2D eigenvalue weighted by molar-refractivity contribution is 5.77. The molecule has 0 aliphatic carbocycles. The second-order valence-electron chi connectivity index (χ2n) is 5.74. The van der Waals surface area contributed by atoms with Gasteiger partial charge in [-0.05, 0) is 35.7 Å². The second kappa shape index (κ2) is 8.02. The van der Waals surface area contributed by atoms with Crippen molar-refractivity contribution in [2.45, 2.75) is 19.1 Å². The maximum absolute atomic E-state index is 13.0. The van der Waals surface area contributed by atoms with Gasteiger partial charge in [-0.1, -0.05) is 30.3 Å². The summed E-state index contributed by atoms with van der Waals surface area (Å²) < 4.78 is 38.9. The number of halogens is 3. The van der Waals surface area contributed by atoms with Crippen LogP contribution in [0.2, 0.25) is 0 Å². The van der Waals surface area contributed by atoms with Crippen molar-refractivity contribution in [1.29, 1.82) is 0 Å². The van der Waals surface area contributed by atoms with E-state index in [1.54, 1.807) is 30.3 Å². The summed E-state index contributed by atoms with van der Waals surface area (Å²) in [4.78, 5) is 11.2. The molecule has 0 aromatic heterocycles. The molecular formula is C18H20F3N3O. The molecule has 25 heavy (non-hydrogen) atoms. The number of nitrogens with two attached hydrogens (primary N) is 2. The number of benzene rings is 2. The Bertz CT molecular complexity index is 714. The predicted molar refractivity (Wildman–Crippen MR) is 90.7 cm³/mol. The highest BCUT2D eigenvalue weighted by Gasteiger charge is 2.32. The van der Waals surface area contributed by atoms with E-state index in [4.69, 9.17) is 11.5 Å². The van der Waals surface area contributed by atoms with Crippen molar-refractivity contribution >= 4 is 11.6 Å². The van der Waals surface area contributed by atoms with Crippen molar-refractivity contribution in [2.24, 2.45) is 17.4 Å². The van der Waals surface area contributed by atoms with Gasteiger partial charge in [0.1, 0.15) is 0 Å². The van der Waals surface area contributed by atoms with Crippen LogP contribution < -0.4 is 16.8 Å². The average molecular weight is 351 g/mol. The fraction of sp³-hybridized carbons (Fsp3) is 0.278. The third-order valence-electron chi connectivity index (χ3n) is 3.93. The molecular weight excluding hydrogens is 331 g/mol. The maximum atomic E-state index is 13.0. The van der Waals surface area contributed by atoms with Gasteiger partial charge in [0, 0.05) is 18.8 Å². The SMILES string of the molecule is NCC(Cc1ccc(NCc2ccccc2C(F)(F)F)cc1)C(N)=O. The van der Waals surface area contributed by atoms with Crippen LogP contribution in [0.1, 0.15) is 16.7 Å². The highest BCUT2D eigenvalue weighted by Crippen LogP contribution is 2.32. The number of rotatable bonds is 7. The first kappa shape index (κ1) is 18.8. The van der Waals surface area contributed by atoms with Crippen LogP contribution in [-0.4, -0.2) is 12.5 Å². The van der Waals surface area contributed by atoms with E-state index in [-0.39, 0.29) is 18.7 Å². The van der Waals surface area contributed by atoms with Gasteiger partial charge in [-0.15, -0.1) is 0 Å². The summed E-state index contributed by atoms with van der Waals surface area (Å²) in [5, 5.41) is 2.97. The first-order valence-electron chi connectivity index (χ1n) is 7.78. The smallest absolute Gasteiger partial charge is 0.381 e. The van der Waals surface area contributed by atoms with Crippen molar-refractivity contribution in [3.63, 3.8) is 0 Å². The zero-order valence-corrected chi connectivity index (χ0v) is 13.5. The average Bonchev–Trinajstić information content (AvgIpc) is 2.58. The Morgan fingerprint density at radius 3 is 2.28 bits per heavy atom. The molecule has 1 atom stereocenters. The molecule has 0 aliphatic rings. The molecule has 0 bridgehead atoms. The van der Waals surface area contributed by atoms with Crippen LogP contribution in [-0.2, 0) is 23.9 Å². The Morgan fingerprint density at radius 1 is 1.08 bits per heavy atom. The molecule has 134 valence electrons. The highest BCUT2D eigenvalue weighted by atomic mass is 19.4. The largest absolute Gasteiger partial charge is 0.416 e. The van der Waals surface area contributed by atoms with Crippen molar-refractivity contribution in [2.75, 3.05) is 11.9 Å². The Labute approximate surface area is 144 Å². The molecule has 0 radical (unpaired) electrons. The van der Waals surface area contributed by atoms with Gasteiger partial charge < -0.3 is 16.8 Å². The van der Waals surface area contributed by atoms with Crippen LogP contribution in [0.15, 0.2) is 48.5 Å². The molecule has 1 unspecified atom stereocenters. The molecule has 0 spiro atoms. The molecule has 4 nitrogen and oxygen atoms in total. The minimum Gasteiger partial charge on any atom is -0.381 e. The molecule has 0 aliphatic heterocycles. The Kier molecular flexibility index (Phi) is 6.03. The molecule has 2 rings (SSSR count). The number of nitrogens with one attached hydrogen (secondary N) is 1. The van der Waals surface area contributed by atoms with Crippen LogP contribution >= 0.6 is 0 Å². The van der Waals surface area contributed by atoms with Crippen molar-refractivity contribution < 1.29 is 18.0 Å². The molecule has 2 aromatic rings. The van der Waals surface area contributed by atoms with Crippen molar-refractivity contribution in [3.05, 3.63) is 65.2 Å². The minimum atomic E-state index is -4.38. The van der Waals surface area contributed by atoms with E-state index < -0.39 is 23.6 Å². The molecule has 0 saturated carbocycles. The third kappa shape index (κ3) is 5.22. The van der Waals surface area contributed by atoms with Crippen molar-refractivity contribution in [1.82, 2.24) is 0 Å². The number of carbonyl (C=O) groups excluding carboxylic acids is 1. The quantitative estimate of drug-likeness (QED) is 0.717. The first-order chi connectivity index (χ1) is 11.8. The van der Waals surface area contributed by atoms with Gasteiger partial charge in [0.2, 0.25) is 5.91 Å². The van der Waals surface area contributed by atoms with Crippen LogP contribution in [0.25, 0.3) is 0 Å². The number of hydrogen-bond donors (Lipinski definition) is 3. The second-order valence-corrected chi connectivity index (χ2v) is 5.74. The van der Waals surface area contributed by atoms with Gasteiger partial charge in [0.05, 0.1) is 11.5 Å². The van der Waals surface area contributed by atoms with Crippen LogP contribution in [0.4, 0.5) is 18.9 Å². The number of hydrogen-bond acceptors (Lipinski definition) is 3. The Hall–Kier alpha value is -2.54. The van der Waals surface area contributed by atoms with E-state index in [2.05, 4.69) is 5.32 Å². The number of carbonyl (C=O) groups is 1. The molecule has 5 N–H and O–H groups in total. The lowest BCUT2D eigenvalue weighted by Gasteiger charge is -2.14. The van der Waals surface area contributed by atoms with Crippen LogP contribution in [0.3, 0.4) is 0 Å². The van der Waals surface area contributed by atoms with Crippen LogP contribution in [0.5, 0.6) is 0 Å². The summed E-state index contributed by atoms with van der Waals surface area (Å²) >= 11 is 0. The third-order valence-corrected chi connectivity index (χ3v) is 3.93. The van der Waals surface area contributed by atoms with Crippen LogP contribution in [0, 0.1) is 5.92 Å². The fourth-order valence-corrected chi connectivity index (χ4v) is 2.49. The summed E-state index contributed by atoms with van der Waals surface area (Å²) in [6, 6.07) is 12.5. The molecule has 0 fully saturated rings. The lowest BCUT2D eigenvalue weighted by molar-refractivity contribution is -0.138. The van der Waals surface area contributed by atoms with Gasteiger partial charge in [0.25, 0.3) is 0 Å². The topological polar surface area (TPSA) is 81.1 Å². The molecule has 7 heteroatoms. The zero-order valence-electron chi connectivity index (χ0n) is 13.5. The lowest BCUT2D eigenvalue weighted by Crippen LogP contribution is -2.31. The van der Waals surface area contributed by atoms with E-state index in [1.165, 1.54) is 12.1 Å². The standard InChI is InChI=1S/C18H20F3N3O/c19-18(20,21)16-4-2-1-3-13(16)11-24-15-7-5-12(6-8-15)9-14(10-22)17(23)25/h1-8,14,24H,9-11,22H2,(H2,23,25). The van der Waals surface area contributed by atoms with E-state index in [9.17, 15) is 18.0 Å². The summed E-state index contributed by atoms with van der Waals surface area (Å²) in [6.45, 7) is 0.227. The Balaban J connectivity index is 2.02. The zero-order chi connectivity index (χ0) is 18.4. The van der Waals surface area contributed by atoms with E-state index in [0.717, 1.165) is 11.6 Å². The molecule has 1 amide bonds. The first-order valence-corrected chi connectivity index (χ1v) is 7.78. The molecule has 0 heterocycles. The normalized spacial score (nSPS) is 12.6. The van der Waals surface area contributed by atoms with Gasteiger partial charge in [-0.2, -0.15) is 13.2 Å².